The van der Waals surface area contributed by atoms with Gasteiger partial charge in [0.25, 0.3) is 0 Å². The highest BCUT2D eigenvalue weighted by Gasteiger charge is 2.29. The molecular weight excluding hydrogens is 290 g/mol. The second kappa shape index (κ2) is 7.40. The average molecular weight is 311 g/mol. The molecule has 2 aromatic carbocycles. The molecule has 0 aromatic heterocycles. The molecule has 1 aliphatic heterocycles. The number of carbonyl (C=O) groups excluding carboxylic acids is 1. The van der Waals surface area contributed by atoms with Crippen molar-refractivity contribution in [3.8, 4) is 0 Å². The largest absolute Gasteiger partial charge is 0.389 e. The van der Waals surface area contributed by atoms with Gasteiger partial charge >= 0.3 is 0 Å². The van der Waals surface area contributed by atoms with Crippen LogP contribution in [0.1, 0.15) is 23.5 Å². The molecule has 2 N–H and O–H groups in total. The molecule has 1 aliphatic rings. The molecule has 2 aromatic rings. The molecule has 120 valence electrons. The third-order valence-corrected chi connectivity index (χ3v) is 4.18. The van der Waals surface area contributed by atoms with E-state index in [-0.39, 0.29) is 24.5 Å². The first kappa shape index (κ1) is 15.7. The summed E-state index contributed by atoms with van der Waals surface area (Å²) < 4.78 is 5.22. The SMILES string of the molecule is O=C(N[C@@H]1CCOC[C@H]1O)C(c1ccccc1)c1ccccc1. The Kier molecular flexibility index (Phi) is 5.05. The minimum absolute atomic E-state index is 0.0895. The first-order valence-corrected chi connectivity index (χ1v) is 7.92. The number of amides is 1. The van der Waals surface area contributed by atoms with Gasteiger partial charge in [0.2, 0.25) is 5.91 Å². The maximum Gasteiger partial charge on any atom is 0.232 e. The van der Waals surface area contributed by atoms with Crippen LogP contribution in [0.25, 0.3) is 0 Å². The number of aliphatic hydroxyl groups excluding tert-OH is 1. The van der Waals surface area contributed by atoms with Gasteiger partial charge in [0.15, 0.2) is 0 Å². The Morgan fingerprint density at radius 2 is 1.61 bits per heavy atom. The first-order chi connectivity index (χ1) is 11.3. The first-order valence-electron chi connectivity index (χ1n) is 7.92. The molecule has 4 nitrogen and oxygen atoms in total. The van der Waals surface area contributed by atoms with E-state index in [9.17, 15) is 9.90 Å². The van der Waals surface area contributed by atoms with Crippen LogP contribution in [0.4, 0.5) is 0 Å². The molecule has 2 atom stereocenters. The number of ether oxygens (including phenoxy) is 1. The highest BCUT2D eigenvalue weighted by atomic mass is 16.5. The molecule has 0 saturated carbocycles. The topological polar surface area (TPSA) is 58.6 Å². The number of carbonyl (C=O) groups is 1. The van der Waals surface area contributed by atoms with Crippen LogP contribution in [0.2, 0.25) is 0 Å². The zero-order valence-corrected chi connectivity index (χ0v) is 12.9. The zero-order valence-electron chi connectivity index (χ0n) is 12.9. The van der Waals surface area contributed by atoms with E-state index in [1.807, 2.05) is 60.7 Å². The van der Waals surface area contributed by atoms with Crippen molar-refractivity contribution in [3.63, 3.8) is 0 Å². The van der Waals surface area contributed by atoms with Gasteiger partial charge in [-0.3, -0.25) is 4.79 Å². The summed E-state index contributed by atoms with van der Waals surface area (Å²) in [7, 11) is 0. The van der Waals surface area contributed by atoms with Crippen LogP contribution >= 0.6 is 0 Å². The van der Waals surface area contributed by atoms with Gasteiger partial charge < -0.3 is 15.2 Å². The summed E-state index contributed by atoms with van der Waals surface area (Å²) in [5.41, 5.74) is 1.88. The molecule has 0 spiro atoms. The van der Waals surface area contributed by atoms with Crippen molar-refractivity contribution in [2.24, 2.45) is 0 Å². The van der Waals surface area contributed by atoms with Crippen LogP contribution in [-0.2, 0) is 9.53 Å². The van der Waals surface area contributed by atoms with Crippen LogP contribution in [0.5, 0.6) is 0 Å². The average Bonchev–Trinajstić information content (AvgIpc) is 2.59. The highest BCUT2D eigenvalue weighted by Crippen LogP contribution is 2.25. The van der Waals surface area contributed by atoms with Crippen molar-refractivity contribution in [2.75, 3.05) is 13.2 Å². The van der Waals surface area contributed by atoms with Gasteiger partial charge in [-0.2, -0.15) is 0 Å². The number of nitrogens with one attached hydrogen (secondary N) is 1. The molecule has 1 saturated heterocycles. The van der Waals surface area contributed by atoms with Gasteiger partial charge in [-0.25, -0.2) is 0 Å². The van der Waals surface area contributed by atoms with Gasteiger partial charge in [0, 0.05) is 6.61 Å². The molecule has 0 aliphatic carbocycles. The van der Waals surface area contributed by atoms with E-state index in [1.165, 1.54) is 0 Å². The van der Waals surface area contributed by atoms with Crippen LogP contribution in [0.15, 0.2) is 60.7 Å². The minimum atomic E-state index is -0.653. The van der Waals surface area contributed by atoms with E-state index in [2.05, 4.69) is 5.32 Å². The summed E-state index contributed by atoms with van der Waals surface area (Å²) in [6.45, 7) is 0.829. The maximum atomic E-state index is 12.9. The lowest BCUT2D eigenvalue weighted by Gasteiger charge is -2.30. The van der Waals surface area contributed by atoms with E-state index in [0.717, 1.165) is 11.1 Å². The molecule has 23 heavy (non-hydrogen) atoms. The number of benzene rings is 2. The summed E-state index contributed by atoms with van der Waals surface area (Å²) in [5, 5.41) is 13.0. The Morgan fingerprint density at radius 3 is 2.13 bits per heavy atom. The fourth-order valence-corrected chi connectivity index (χ4v) is 2.94. The lowest BCUT2D eigenvalue weighted by molar-refractivity contribution is -0.125. The second-order valence-corrected chi connectivity index (χ2v) is 5.80. The summed E-state index contributed by atoms with van der Waals surface area (Å²) >= 11 is 0. The third kappa shape index (κ3) is 3.78. The lowest BCUT2D eigenvalue weighted by atomic mass is 9.90. The minimum Gasteiger partial charge on any atom is -0.389 e. The Bertz CT molecular complexity index is 590. The smallest absolute Gasteiger partial charge is 0.232 e. The standard InChI is InChI=1S/C19H21NO3/c21-17-13-23-12-11-16(17)20-19(22)18(14-7-3-1-4-8-14)15-9-5-2-6-10-15/h1-10,16-18,21H,11-13H2,(H,20,22)/t16-,17-/m1/s1. The van der Waals surface area contributed by atoms with Crippen molar-refractivity contribution in [1.82, 2.24) is 5.32 Å². The summed E-state index contributed by atoms with van der Waals surface area (Å²) in [6.07, 6.45) is -0.0247. The Balaban J connectivity index is 1.85. The fourth-order valence-electron chi connectivity index (χ4n) is 2.94. The van der Waals surface area contributed by atoms with Crippen molar-refractivity contribution in [1.29, 1.82) is 0 Å². The van der Waals surface area contributed by atoms with Gasteiger partial charge in [-0.1, -0.05) is 60.7 Å². The predicted octanol–water partition coefficient (Wildman–Crippen LogP) is 2.08. The fraction of sp³-hybridized carbons (Fsp3) is 0.316. The van der Waals surface area contributed by atoms with Crippen LogP contribution < -0.4 is 5.32 Å². The lowest BCUT2D eigenvalue weighted by Crippen LogP contribution is -2.50. The number of hydrogen-bond donors (Lipinski definition) is 2. The van der Waals surface area contributed by atoms with E-state index < -0.39 is 6.10 Å². The molecule has 1 fully saturated rings. The van der Waals surface area contributed by atoms with Crippen molar-refractivity contribution >= 4 is 5.91 Å². The molecule has 0 radical (unpaired) electrons. The molecule has 3 rings (SSSR count). The van der Waals surface area contributed by atoms with E-state index in [4.69, 9.17) is 4.74 Å². The van der Waals surface area contributed by atoms with Gasteiger partial charge in [-0.05, 0) is 17.5 Å². The van der Waals surface area contributed by atoms with Crippen LogP contribution in [0.3, 0.4) is 0 Å². The van der Waals surface area contributed by atoms with Crippen LogP contribution in [0, 0.1) is 0 Å². The van der Waals surface area contributed by atoms with Gasteiger partial charge in [-0.15, -0.1) is 0 Å². The van der Waals surface area contributed by atoms with E-state index in [1.54, 1.807) is 0 Å². The summed E-state index contributed by atoms with van der Waals surface area (Å²) in [6, 6.07) is 19.2. The highest BCUT2D eigenvalue weighted by molar-refractivity contribution is 5.87. The zero-order chi connectivity index (χ0) is 16.1. The molecule has 1 heterocycles. The number of hydrogen-bond acceptors (Lipinski definition) is 3. The van der Waals surface area contributed by atoms with Gasteiger partial charge in [0.1, 0.15) is 0 Å². The predicted molar refractivity (Wildman–Crippen MR) is 88.1 cm³/mol. The van der Waals surface area contributed by atoms with Crippen molar-refractivity contribution in [2.45, 2.75) is 24.5 Å². The molecule has 0 bridgehead atoms. The maximum absolute atomic E-state index is 12.9. The Labute approximate surface area is 136 Å². The monoisotopic (exact) mass is 311 g/mol. The van der Waals surface area contributed by atoms with Crippen molar-refractivity contribution < 1.29 is 14.6 Å². The second-order valence-electron chi connectivity index (χ2n) is 5.80. The molecule has 1 amide bonds. The van der Waals surface area contributed by atoms with Gasteiger partial charge in [0.05, 0.1) is 24.7 Å². The third-order valence-electron chi connectivity index (χ3n) is 4.18. The Morgan fingerprint density at radius 1 is 1.04 bits per heavy atom. The Hall–Kier alpha value is -2.17. The van der Waals surface area contributed by atoms with Crippen molar-refractivity contribution in [3.05, 3.63) is 71.8 Å². The molecular formula is C19H21NO3. The summed E-state index contributed by atoms with van der Waals surface area (Å²) in [4.78, 5) is 12.9. The van der Waals surface area contributed by atoms with E-state index in [0.29, 0.717) is 13.0 Å². The molecule has 4 heteroatoms. The normalized spacial score (nSPS) is 21.1. The number of aliphatic hydroxyl groups is 1. The number of rotatable bonds is 4. The quantitative estimate of drug-likeness (QED) is 0.909. The van der Waals surface area contributed by atoms with Crippen LogP contribution in [-0.4, -0.2) is 36.4 Å². The summed E-state index contributed by atoms with van der Waals surface area (Å²) in [5.74, 6) is -0.471. The molecule has 0 unspecified atom stereocenters. The van der Waals surface area contributed by atoms with E-state index >= 15 is 0 Å².